The second-order valence-corrected chi connectivity index (χ2v) is 12.8. The molecule has 0 spiro atoms. The van der Waals surface area contributed by atoms with E-state index in [0.717, 1.165) is 48.5 Å². The van der Waals surface area contributed by atoms with Gasteiger partial charge in [-0.15, -0.1) is 0 Å². The van der Waals surface area contributed by atoms with Crippen LogP contribution < -0.4 is 9.62 Å². The lowest BCUT2D eigenvalue weighted by molar-refractivity contribution is -0.139. The summed E-state index contributed by atoms with van der Waals surface area (Å²) < 4.78 is 42.1. The smallest absolute Gasteiger partial charge is 0.264 e. The molecule has 0 unspecified atom stereocenters. The van der Waals surface area contributed by atoms with Crippen LogP contribution in [0.15, 0.2) is 77.7 Å². The summed E-state index contributed by atoms with van der Waals surface area (Å²) in [5.41, 5.74) is 0.647. The molecule has 218 valence electrons. The summed E-state index contributed by atoms with van der Waals surface area (Å²) in [5.74, 6) is -1.52. The average Bonchev–Trinajstić information content (AvgIpc) is 2.96. The number of rotatable bonds is 10. The van der Waals surface area contributed by atoms with Crippen LogP contribution in [-0.4, -0.2) is 43.8 Å². The zero-order valence-corrected chi connectivity index (χ0v) is 24.9. The van der Waals surface area contributed by atoms with Gasteiger partial charge in [0.1, 0.15) is 18.4 Å². The quantitative estimate of drug-likeness (QED) is 0.293. The summed E-state index contributed by atoms with van der Waals surface area (Å²) >= 11 is 12.5. The van der Waals surface area contributed by atoms with Gasteiger partial charge >= 0.3 is 0 Å². The Balaban J connectivity index is 1.68. The third-order valence-electron chi connectivity index (χ3n) is 7.20. The molecule has 0 heterocycles. The summed E-state index contributed by atoms with van der Waals surface area (Å²) in [6.07, 6.45) is 4.89. The lowest BCUT2D eigenvalue weighted by Gasteiger charge is -2.33. The van der Waals surface area contributed by atoms with Crippen LogP contribution in [0.5, 0.6) is 0 Å². The van der Waals surface area contributed by atoms with Crippen LogP contribution in [-0.2, 0) is 26.2 Å². The summed E-state index contributed by atoms with van der Waals surface area (Å²) in [6, 6.07) is 16.4. The first kappa shape index (κ1) is 30.8. The van der Waals surface area contributed by atoms with Gasteiger partial charge in [-0.2, -0.15) is 0 Å². The van der Waals surface area contributed by atoms with E-state index in [1.165, 1.54) is 29.2 Å². The van der Waals surface area contributed by atoms with E-state index >= 15 is 0 Å². The highest BCUT2D eigenvalue weighted by Crippen LogP contribution is 2.27. The molecular weight excluding hydrogens is 588 g/mol. The van der Waals surface area contributed by atoms with E-state index in [2.05, 4.69) is 5.32 Å². The van der Waals surface area contributed by atoms with Crippen LogP contribution in [0.4, 0.5) is 10.1 Å². The van der Waals surface area contributed by atoms with Gasteiger partial charge in [0.2, 0.25) is 11.8 Å². The minimum absolute atomic E-state index is 0.0175. The topological polar surface area (TPSA) is 86.8 Å². The molecule has 41 heavy (non-hydrogen) atoms. The van der Waals surface area contributed by atoms with Gasteiger partial charge in [-0.1, -0.05) is 66.7 Å². The summed E-state index contributed by atoms with van der Waals surface area (Å²) in [5, 5.41) is 3.77. The molecule has 1 saturated carbocycles. The van der Waals surface area contributed by atoms with Crippen molar-refractivity contribution in [1.82, 2.24) is 10.2 Å². The van der Waals surface area contributed by atoms with E-state index in [-0.39, 0.29) is 29.1 Å². The summed E-state index contributed by atoms with van der Waals surface area (Å²) in [7, 11) is -4.23. The van der Waals surface area contributed by atoms with Crippen LogP contribution in [0.2, 0.25) is 10.0 Å². The zero-order valence-electron chi connectivity index (χ0n) is 22.6. The SMILES string of the molecule is C[C@@H](C(=O)NC1CCCCC1)N(Cc1ccc(Cl)cc1Cl)C(=O)CN(c1ccc(F)cc1)S(=O)(=O)c1ccccc1. The van der Waals surface area contributed by atoms with Gasteiger partial charge in [-0.3, -0.25) is 13.9 Å². The van der Waals surface area contributed by atoms with Gasteiger partial charge in [0.25, 0.3) is 10.0 Å². The van der Waals surface area contributed by atoms with Crippen LogP contribution in [0.3, 0.4) is 0 Å². The molecule has 0 aliphatic heterocycles. The summed E-state index contributed by atoms with van der Waals surface area (Å²) in [4.78, 5) is 28.6. The Kier molecular flexibility index (Phi) is 10.3. The lowest BCUT2D eigenvalue weighted by atomic mass is 9.95. The van der Waals surface area contributed by atoms with E-state index < -0.39 is 34.3 Å². The van der Waals surface area contributed by atoms with Crippen molar-refractivity contribution in [1.29, 1.82) is 0 Å². The Morgan fingerprint density at radius 1 is 0.976 bits per heavy atom. The van der Waals surface area contributed by atoms with Crippen LogP contribution in [0.1, 0.15) is 44.6 Å². The van der Waals surface area contributed by atoms with Gasteiger partial charge in [0.15, 0.2) is 0 Å². The molecule has 0 radical (unpaired) electrons. The number of benzene rings is 3. The van der Waals surface area contributed by atoms with Crippen LogP contribution in [0, 0.1) is 5.82 Å². The van der Waals surface area contributed by atoms with Crippen molar-refractivity contribution in [3.05, 3.63) is 94.2 Å². The molecule has 1 N–H and O–H groups in total. The Hall–Kier alpha value is -3.14. The largest absolute Gasteiger partial charge is 0.352 e. The highest BCUT2D eigenvalue weighted by atomic mass is 35.5. The van der Waals surface area contributed by atoms with Gasteiger partial charge in [-0.05, 0) is 73.9 Å². The number of carbonyl (C=O) groups is 2. The molecule has 1 aliphatic rings. The molecule has 1 atom stereocenters. The predicted molar refractivity (Wildman–Crippen MR) is 159 cm³/mol. The molecule has 2 amide bonds. The first-order valence-corrected chi connectivity index (χ1v) is 15.6. The number of nitrogens with one attached hydrogen (secondary N) is 1. The van der Waals surface area contributed by atoms with Crippen LogP contribution in [0.25, 0.3) is 0 Å². The van der Waals surface area contributed by atoms with Crippen molar-refractivity contribution in [3.63, 3.8) is 0 Å². The van der Waals surface area contributed by atoms with Gasteiger partial charge in [-0.25, -0.2) is 12.8 Å². The molecule has 1 aliphatic carbocycles. The molecule has 1 fully saturated rings. The first-order valence-electron chi connectivity index (χ1n) is 13.4. The molecule has 11 heteroatoms. The van der Waals surface area contributed by atoms with Crippen molar-refractivity contribution in [3.8, 4) is 0 Å². The van der Waals surface area contributed by atoms with Gasteiger partial charge in [0, 0.05) is 22.6 Å². The number of carbonyl (C=O) groups excluding carboxylic acids is 2. The van der Waals surface area contributed by atoms with Crippen molar-refractivity contribution in [2.45, 2.75) is 62.6 Å². The first-order chi connectivity index (χ1) is 19.6. The number of halogens is 3. The second-order valence-electron chi connectivity index (χ2n) is 10.1. The van der Waals surface area contributed by atoms with Crippen molar-refractivity contribution in [2.24, 2.45) is 0 Å². The van der Waals surface area contributed by atoms with E-state index in [0.29, 0.717) is 15.6 Å². The minimum atomic E-state index is -4.23. The summed E-state index contributed by atoms with van der Waals surface area (Å²) in [6.45, 7) is 0.916. The third-order valence-corrected chi connectivity index (χ3v) is 9.57. The standard InChI is InChI=1S/C30H32Cl2FN3O4S/c1-21(30(38)34-25-8-4-2-5-9-25)35(19-22-12-13-23(31)18-28(22)32)29(37)20-36(26-16-14-24(33)15-17-26)41(39,40)27-10-6-3-7-11-27/h3,6-7,10-18,21,25H,2,4-5,8-9,19-20H2,1H3,(H,34,38)/t21-/m0/s1. The highest BCUT2D eigenvalue weighted by molar-refractivity contribution is 7.92. The van der Waals surface area contributed by atoms with E-state index in [1.54, 1.807) is 43.3 Å². The number of amides is 2. The molecule has 0 saturated heterocycles. The molecule has 3 aromatic rings. The van der Waals surface area contributed by atoms with Gasteiger partial charge < -0.3 is 10.2 Å². The highest BCUT2D eigenvalue weighted by Gasteiger charge is 2.33. The minimum Gasteiger partial charge on any atom is -0.352 e. The normalized spacial score (nSPS) is 14.7. The van der Waals surface area contributed by atoms with Crippen LogP contribution >= 0.6 is 23.2 Å². The van der Waals surface area contributed by atoms with Crippen molar-refractivity contribution >= 4 is 50.7 Å². The maximum atomic E-state index is 14.0. The molecule has 0 bridgehead atoms. The van der Waals surface area contributed by atoms with Gasteiger partial charge in [0.05, 0.1) is 10.6 Å². The van der Waals surface area contributed by atoms with E-state index in [4.69, 9.17) is 23.2 Å². The molecular formula is C30H32Cl2FN3O4S. The number of nitrogens with zero attached hydrogens (tertiary/aromatic N) is 2. The Morgan fingerprint density at radius 3 is 2.27 bits per heavy atom. The fourth-order valence-corrected chi connectivity index (χ4v) is 6.74. The number of sulfonamides is 1. The predicted octanol–water partition coefficient (Wildman–Crippen LogP) is 6.19. The maximum absolute atomic E-state index is 14.0. The monoisotopic (exact) mass is 619 g/mol. The third kappa shape index (κ3) is 7.78. The van der Waals surface area contributed by atoms with Crippen molar-refractivity contribution in [2.75, 3.05) is 10.8 Å². The molecule has 3 aromatic carbocycles. The lowest BCUT2D eigenvalue weighted by Crippen LogP contribution is -2.53. The Bertz CT molecular complexity index is 1470. The number of hydrogen-bond donors (Lipinski definition) is 1. The van der Waals surface area contributed by atoms with Crippen molar-refractivity contribution < 1.29 is 22.4 Å². The molecule has 0 aromatic heterocycles. The molecule has 7 nitrogen and oxygen atoms in total. The van der Waals surface area contributed by atoms with E-state index in [9.17, 15) is 22.4 Å². The fraction of sp³-hybridized carbons (Fsp3) is 0.333. The second kappa shape index (κ2) is 13.7. The average molecular weight is 621 g/mol. The number of hydrogen-bond acceptors (Lipinski definition) is 4. The Morgan fingerprint density at radius 2 is 1.63 bits per heavy atom. The Labute approximate surface area is 250 Å². The van der Waals surface area contributed by atoms with E-state index in [1.807, 2.05) is 0 Å². The maximum Gasteiger partial charge on any atom is 0.264 e. The molecule has 4 rings (SSSR count). The number of anilines is 1. The zero-order chi connectivity index (χ0) is 29.6. The fourth-order valence-electron chi connectivity index (χ4n) is 4.84.